The fourth-order valence-corrected chi connectivity index (χ4v) is 2.75. The Labute approximate surface area is 162 Å². The first-order valence-corrected chi connectivity index (χ1v) is 8.59. The number of aryl methyl sites for hydroxylation is 1. The van der Waals surface area contributed by atoms with Gasteiger partial charge >= 0.3 is 0 Å². The molecule has 0 radical (unpaired) electrons. The summed E-state index contributed by atoms with van der Waals surface area (Å²) >= 11 is 0. The van der Waals surface area contributed by atoms with Crippen molar-refractivity contribution in [3.63, 3.8) is 0 Å². The molecule has 3 N–H and O–H groups in total. The number of methoxy groups -OCH3 is 2. The van der Waals surface area contributed by atoms with E-state index in [0.29, 0.717) is 34.3 Å². The van der Waals surface area contributed by atoms with Crippen molar-refractivity contribution in [2.75, 3.05) is 19.5 Å². The average Bonchev–Trinajstić information content (AvgIpc) is 3.12. The summed E-state index contributed by atoms with van der Waals surface area (Å²) in [6, 6.07) is 10.3. The molecule has 0 aliphatic rings. The monoisotopic (exact) mass is 383 g/mol. The molecule has 0 saturated heterocycles. The number of ether oxygens (including phenoxy) is 2. The third kappa shape index (κ3) is 4.22. The summed E-state index contributed by atoms with van der Waals surface area (Å²) < 4.78 is 26.6. The zero-order valence-corrected chi connectivity index (χ0v) is 15.9. The second-order valence-corrected chi connectivity index (χ2v) is 6.03. The lowest BCUT2D eigenvalue weighted by Gasteiger charge is -2.11. The number of halogens is 1. The Morgan fingerprint density at radius 3 is 2.61 bits per heavy atom. The molecular weight excluding hydrogens is 361 g/mol. The van der Waals surface area contributed by atoms with Crippen LogP contribution in [-0.4, -0.2) is 29.7 Å². The molecule has 0 aliphatic carbocycles. The van der Waals surface area contributed by atoms with Gasteiger partial charge in [-0.1, -0.05) is 6.07 Å². The van der Waals surface area contributed by atoms with Crippen molar-refractivity contribution in [2.24, 2.45) is 10.7 Å². The van der Waals surface area contributed by atoms with Crippen molar-refractivity contribution >= 4 is 11.6 Å². The number of rotatable bonds is 6. The van der Waals surface area contributed by atoms with Gasteiger partial charge in [-0.25, -0.2) is 14.4 Å². The molecule has 28 heavy (non-hydrogen) atoms. The molecule has 8 heteroatoms. The summed E-state index contributed by atoms with van der Waals surface area (Å²) in [6.07, 6.45) is 3.35. The number of guanidine groups is 1. The van der Waals surface area contributed by atoms with E-state index in [1.807, 2.05) is 13.0 Å². The SMILES string of the molecule is COc1ccc(NC(N)=NCc2ccc(-n3ccnc3C)c(F)c2)cc1OC. The first kappa shape index (κ1) is 19.2. The van der Waals surface area contributed by atoms with Crippen molar-refractivity contribution in [1.82, 2.24) is 9.55 Å². The second kappa shape index (κ2) is 8.43. The number of aromatic nitrogens is 2. The van der Waals surface area contributed by atoms with E-state index in [0.717, 1.165) is 0 Å². The zero-order valence-electron chi connectivity index (χ0n) is 15.9. The first-order chi connectivity index (χ1) is 13.5. The van der Waals surface area contributed by atoms with Crippen molar-refractivity contribution in [3.05, 3.63) is 66.0 Å². The van der Waals surface area contributed by atoms with Crippen LogP contribution in [0.2, 0.25) is 0 Å². The molecule has 3 aromatic rings. The molecule has 0 amide bonds. The van der Waals surface area contributed by atoms with Gasteiger partial charge in [-0.05, 0) is 36.8 Å². The van der Waals surface area contributed by atoms with Crippen LogP contribution in [0.4, 0.5) is 10.1 Å². The van der Waals surface area contributed by atoms with Gasteiger partial charge in [0.05, 0.1) is 26.5 Å². The molecule has 2 aromatic carbocycles. The van der Waals surface area contributed by atoms with Gasteiger partial charge < -0.3 is 25.1 Å². The van der Waals surface area contributed by atoms with Crippen LogP contribution in [0, 0.1) is 12.7 Å². The van der Waals surface area contributed by atoms with E-state index in [9.17, 15) is 4.39 Å². The number of nitrogens with zero attached hydrogens (tertiary/aromatic N) is 3. The molecule has 1 aromatic heterocycles. The predicted molar refractivity (Wildman–Crippen MR) is 107 cm³/mol. The summed E-state index contributed by atoms with van der Waals surface area (Å²) in [4.78, 5) is 8.38. The molecule has 7 nitrogen and oxygen atoms in total. The van der Waals surface area contributed by atoms with Crippen LogP contribution in [0.15, 0.2) is 53.8 Å². The number of aliphatic imine (C=N–C) groups is 1. The van der Waals surface area contributed by atoms with Gasteiger partial charge in [0.1, 0.15) is 11.6 Å². The molecule has 0 saturated carbocycles. The van der Waals surface area contributed by atoms with Gasteiger partial charge in [-0.3, -0.25) is 0 Å². The van der Waals surface area contributed by atoms with Crippen LogP contribution in [0.3, 0.4) is 0 Å². The lowest BCUT2D eigenvalue weighted by Crippen LogP contribution is -2.22. The molecule has 146 valence electrons. The first-order valence-electron chi connectivity index (χ1n) is 8.59. The Bertz CT molecular complexity index is 1000. The summed E-state index contributed by atoms with van der Waals surface area (Å²) in [6.45, 7) is 2.06. The topological polar surface area (TPSA) is 86.7 Å². The van der Waals surface area contributed by atoms with Gasteiger partial charge in [0.15, 0.2) is 17.5 Å². The smallest absolute Gasteiger partial charge is 0.193 e. The van der Waals surface area contributed by atoms with Crippen molar-refractivity contribution in [1.29, 1.82) is 0 Å². The third-order valence-electron chi connectivity index (χ3n) is 4.19. The Kier molecular flexibility index (Phi) is 5.78. The van der Waals surface area contributed by atoms with E-state index in [4.69, 9.17) is 15.2 Å². The number of imidazole rings is 1. The van der Waals surface area contributed by atoms with E-state index in [2.05, 4.69) is 15.3 Å². The van der Waals surface area contributed by atoms with E-state index in [-0.39, 0.29) is 18.3 Å². The summed E-state index contributed by atoms with van der Waals surface area (Å²) in [5, 5.41) is 2.98. The highest BCUT2D eigenvalue weighted by atomic mass is 19.1. The van der Waals surface area contributed by atoms with Crippen LogP contribution in [0.1, 0.15) is 11.4 Å². The van der Waals surface area contributed by atoms with E-state index in [1.165, 1.54) is 6.07 Å². The van der Waals surface area contributed by atoms with Gasteiger partial charge in [-0.2, -0.15) is 0 Å². The molecule has 0 fully saturated rings. The van der Waals surface area contributed by atoms with Gasteiger partial charge in [0, 0.05) is 24.1 Å². The van der Waals surface area contributed by atoms with Crippen LogP contribution in [0.25, 0.3) is 5.69 Å². The average molecular weight is 383 g/mol. The molecule has 1 heterocycles. The maximum absolute atomic E-state index is 14.4. The Hall–Kier alpha value is -3.55. The predicted octanol–water partition coefficient (Wildman–Crippen LogP) is 3.26. The number of benzene rings is 2. The minimum atomic E-state index is -0.347. The maximum atomic E-state index is 14.4. The fraction of sp³-hybridized carbons (Fsp3) is 0.200. The van der Waals surface area contributed by atoms with Crippen LogP contribution in [-0.2, 0) is 6.54 Å². The molecule has 0 aliphatic heterocycles. The largest absolute Gasteiger partial charge is 0.493 e. The van der Waals surface area contributed by atoms with Crippen molar-refractivity contribution in [2.45, 2.75) is 13.5 Å². The van der Waals surface area contributed by atoms with Crippen LogP contribution in [0.5, 0.6) is 11.5 Å². The minimum absolute atomic E-state index is 0.210. The van der Waals surface area contributed by atoms with E-state index >= 15 is 0 Å². The molecule has 0 bridgehead atoms. The lowest BCUT2D eigenvalue weighted by molar-refractivity contribution is 0.355. The highest BCUT2D eigenvalue weighted by Gasteiger charge is 2.08. The van der Waals surface area contributed by atoms with Gasteiger partial charge in [-0.15, -0.1) is 0 Å². The Morgan fingerprint density at radius 1 is 1.18 bits per heavy atom. The number of hydrogen-bond donors (Lipinski definition) is 2. The quantitative estimate of drug-likeness (QED) is 0.504. The maximum Gasteiger partial charge on any atom is 0.193 e. The zero-order chi connectivity index (χ0) is 20.1. The lowest BCUT2D eigenvalue weighted by atomic mass is 10.2. The third-order valence-corrected chi connectivity index (χ3v) is 4.19. The molecule has 0 unspecified atom stereocenters. The van der Waals surface area contributed by atoms with Crippen LogP contribution >= 0.6 is 0 Å². The standard InChI is InChI=1S/C20H22FN5O2/c1-13-23-8-9-26(13)17-6-4-14(10-16(17)21)12-24-20(22)25-15-5-7-18(27-2)19(11-15)28-3/h4-11H,12H2,1-3H3,(H3,22,24,25). The number of anilines is 1. The van der Waals surface area contributed by atoms with Crippen molar-refractivity contribution in [3.8, 4) is 17.2 Å². The molecular formula is C20H22FN5O2. The van der Waals surface area contributed by atoms with Gasteiger partial charge in [0.2, 0.25) is 0 Å². The highest BCUT2D eigenvalue weighted by molar-refractivity contribution is 5.92. The number of nitrogens with one attached hydrogen (secondary N) is 1. The molecule has 0 spiro atoms. The summed E-state index contributed by atoms with van der Waals surface area (Å²) in [5.74, 6) is 1.77. The van der Waals surface area contributed by atoms with E-state index in [1.54, 1.807) is 55.4 Å². The number of hydrogen-bond acceptors (Lipinski definition) is 4. The molecule has 0 atom stereocenters. The van der Waals surface area contributed by atoms with Gasteiger partial charge in [0.25, 0.3) is 0 Å². The number of nitrogens with two attached hydrogens (primary N) is 1. The fourth-order valence-electron chi connectivity index (χ4n) is 2.75. The summed E-state index contributed by atoms with van der Waals surface area (Å²) in [5.41, 5.74) is 7.79. The molecule has 3 rings (SSSR count). The second-order valence-electron chi connectivity index (χ2n) is 6.03. The highest BCUT2D eigenvalue weighted by Crippen LogP contribution is 2.29. The Balaban J connectivity index is 1.70. The van der Waals surface area contributed by atoms with E-state index < -0.39 is 0 Å². The Morgan fingerprint density at radius 2 is 1.96 bits per heavy atom. The van der Waals surface area contributed by atoms with Crippen molar-refractivity contribution < 1.29 is 13.9 Å². The van der Waals surface area contributed by atoms with Crippen LogP contribution < -0.4 is 20.5 Å². The normalized spacial score (nSPS) is 11.4. The summed E-state index contributed by atoms with van der Waals surface area (Å²) in [7, 11) is 3.13. The minimum Gasteiger partial charge on any atom is -0.493 e.